The molecule has 0 N–H and O–H groups in total. The van der Waals surface area contributed by atoms with E-state index in [1.807, 2.05) is 38.2 Å². The second kappa shape index (κ2) is 9.85. The molecule has 1 fully saturated rings. The van der Waals surface area contributed by atoms with Gasteiger partial charge in [0.2, 0.25) is 0 Å². The summed E-state index contributed by atoms with van der Waals surface area (Å²) in [5, 5.41) is 0. The summed E-state index contributed by atoms with van der Waals surface area (Å²) < 4.78 is 13.2. The third kappa shape index (κ3) is 5.14. The number of aldehydes is 1. The van der Waals surface area contributed by atoms with Gasteiger partial charge in [-0.2, -0.15) is 0 Å². The Balaban J connectivity index is 2.10. The monoisotopic (exact) mass is 397 g/mol. The minimum atomic E-state index is 0.408. The number of carbonyl (C=O) groups is 1. The summed E-state index contributed by atoms with van der Waals surface area (Å²) in [6.07, 6.45) is 6.83. The third-order valence-electron chi connectivity index (χ3n) is 5.18. The number of hydrogen-bond acceptors (Lipinski definition) is 5. The fraction of sp³-hybridized carbons (Fsp3) is 0.478. The molecule has 6 nitrogen and oxygen atoms in total. The average Bonchev–Trinajstić information content (AvgIpc) is 3.09. The summed E-state index contributed by atoms with van der Waals surface area (Å²) in [7, 11) is 5.69. The zero-order valence-corrected chi connectivity index (χ0v) is 17.9. The Morgan fingerprint density at radius 2 is 2.10 bits per heavy atom. The van der Waals surface area contributed by atoms with E-state index in [4.69, 9.17) is 14.5 Å². The van der Waals surface area contributed by atoms with Crippen molar-refractivity contribution in [3.05, 3.63) is 47.4 Å². The molecule has 1 saturated heterocycles. The first kappa shape index (κ1) is 21.3. The molecule has 0 atom stereocenters. The van der Waals surface area contributed by atoms with Crippen molar-refractivity contribution in [1.82, 2.24) is 14.5 Å². The van der Waals surface area contributed by atoms with Crippen molar-refractivity contribution in [2.45, 2.75) is 32.2 Å². The van der Waals surface area contributed by atoms with Crippen molar-refractivity contribution < 1.29 is 14.3 Å². The van der Waals surface area contributed by atoms with E-state index in [1.54, 1.807) is 7.11 Å². The van der Waals surface area contributed by atoms with Crippen molar-refractivity contribution in [2.75, 3.05) is 41.0 Å². The van der Waals surface area contributed by atoms with E-state index in [1.165, 1.54) is 0 Å². The summed E-state index contributed by atoms with van der Waals surface area (Å²) in [5.41, 5.74) is 4.83. The van der Waals surface area contributed by atoms with Gasteiger partial charge >= 0.3 is 0 Å². The molecule has 1 aliphatic rings. The first-order valence-electron chi connectivity index (χ1n) is 10.1. The van der Waals surface area contributed by atoms with Crippen LogP contribution in [0.15, 0.2) is 36.0 Å². The van der Waals surface area contributed by atoms with E-state index < -0.39 is 0 Å². The molecule has 2 aromatic rings. The van der Waals surface area contributed by atoms with E-state index in [0.29, 0.717) is 18.1 Å². The van der Waals surface area contributed by atoms with Crippen LogP contribution in [0.4, 0.5) is 0 Å². The van der Waals surface area contributed by atoms with Crippen LogP contribution in [0.3, 0.4) is 0 Å². The van der Waals surface area contributed by atoms with Gasteiger partial charge in [0, 0.05) is 53.1 Å². The van der Waals surface area contributed by atoms with Crippen LogP contribution in [0.1, 0.15) is 37.1 Å². The molecule has 0 aliphatic carbocycles. The number of aromatic nitrogens is 2. The number of allylic oxidation sites excluding steroid dienone is 3. The molecule has 6 heteroatoms. The Kier molecular flexibility index (Phi) is 7.23. The molecule has 29 heavy (non-hydrogen) atoms. The molecule has 0 amide bonds. The van der Waals surface area contributed by atoms with E-state index in [2.05, 4.69) is 22.8 Å². The summed E-state index contributed by atoms with van der Waals surface area (Å²) in [6.45, 7) is 4.79. The molecule has 2 heterocycles. The topological polar surface area (TPSA) is 56.6 Å². The SMILES string of the molecule is COCCn1c(C2CCOCC2)nc2ccc(C(/C=C(/C)C=O)=C/N(C)C)cc21. The molecule has 0 bridgehead atoms. The average molecular weight is 398 g/mol. The Hall–Kier alpha value is -2.44. The lowest BCUT2D eigenvalue weighted by Crippen LogP contribution is -2.19. The number of ether oxygens (including phenoxy) is 2. The van der Waals surface area contributed by atoms with Gasteiger partial charge in [-0.1, -0.05) is 6.07 Å². The number of fused-ring (bicyclic) bond motifs is 1. The number of hydrogen-bond donors (Lipinski definition) is 0. The number of imidazole rings is 1. The zero-order chi connectivity index (χ0) is 20.8. The standard InChI is InChI=1S/C23H31N3O3/c1-17(16-27)13-20(15-25(2)3)19-5-6-21-22(14-19)26(9-12-28-4)23(24-21)18-7-10-29-11-8-18/h5-6,13-16,18H,7-12H2,1-4H3/b17-13-,20-15+. The highest BCUT2D eigenvalue weighted by molar-refractivity contribution is 5.87. The number of rotatable bonds is 8. The minimum absolute atomic E-state index is 0.408. The van der Waals surface area contributed by atoms with Gasteiger partial charge in [-0.25, -0.2) is 4.98 Å². The number of methoxy groups -OCH3 is 1. The number of benzene rings is 1. The summed E-state index contributed by atoms with van der Waals surface area (Å²) in [4.78, 5) is 18.1. The number of carbonyl (C=O) groups excluding carboxylic acids is 1. The van der Waals surface area contributed by atoms with E-state index in [0.717, 1.165) is 66.9 Å². The fourth-order valence-electron chi connectivity index (χ4n) is 3.76. The lowest BCUT2D eigenvalue weighted by molar-refractivity contribution is -0.104. The molecule has 0 saturated carbocycles. The highest BCUT2D eigenvalue weighted by Crippen LogP contribution is 2.31. The van der Waals surface area contributed by atoms with Gasteiger partial charge in [0.05, 0.1) is 17.6 Å². The quantitative estimate of drug-likeness (QED) is 0.387. The van der Waals surface area contributed by atoms with Crippen LogP contribution in [0.5, 0.6) is 0 Å². The van der Waals surface area contributed by atoms with Gasteiger partial charge in [0.15, 0.2) is 0 Å². The lowest BCUT2D eigenvalue weighted by atomic mass is 9.99. The fourth-order valence-corrected chi connectivity index (χ4v) is 3.76. The molecular formula is C23H31N3O3. The Labute approximate surface area is 172 Å². The summed E-state index contributed by atoms with van der Waals surface area (Å²) in [6, 6.07) is 6.32. The molecule has 0 spiro atoms. The van der Waals surface area contributed by atoms with Crippen molar-refractivity contribution in [2.24, 2.45) is 0 Å². The predicted molar refractivity (Wildman–Crippen MR) is 116 cm³/mol. The van der Waals surface area contributed by atoms with Gasteiger partial charge in [-0.05, 0) is 54.7 Å². The van der Waals surface area contributed by atoms with Gasteiger partial charge < -0.3 is 18.9 Å². The lowest BCUT2D eigenvalue weighted by Gasteiger charge is -2.22. The Morgan fingerprint density at radius 1 is 1.34 bits per heavy atom. The predicted octanol–water partition coefficient (Wildman–Crippen LogP) is 3.62. The van der Waals surface area contributed by atoms with Gasteiger partial charge in [-0.3, -0.25) is 4.79 Å². The highest BCUT2D eigenvalue weighted by Gasteiger charge is 2.23. The maximum absolute atomic E-state index is 11.2. The summed E-state index contributed by atoms with van der Waals surface area (Å²) >= 11 is 0. The molecule has 3 rings (SSSR count). The van der Waals surface area contributed by atoms with E-state index in [-0.39, 0.29) is 0 Å². The first-order chi connectivity index (χ1) is 14.0. The first-order valence-corrected chi connectivity index (χ1v) is 10.1. The Bertz CT molecular complexity index is 905. The molecule has 156 valence electrons. The van der Waals surface area contributed by atoms with Crippen LogP contribution in [0.25, 0.3) is 16.6 Å². The Morgan fingerprint density at radius 3 is 2.76 bits per heavy atom. The molecule has 1 aromatic heterocycles. The molecule has 1 aliphatic heterocycles. The van der Waals surface area contributed by atoms with Crippen LogP contribution in [-0.2, 0) is 20.8 Å². The van der Waals surface area contributed by atoms with Crippen molar-refractivity contribution in [3.63, 3.8) is 0 Å². The van der Waals surface area contributed by atoms with Crippen molar-refractivity contribution in [1.29, 1.82) is 0 Å². The zero-order valence-electron chi connectivity index (χ0n) is 17.9. The molecule has 0 radical (unpaired) electrons. The van der Waals surface area contributed by atoms with Gasteiger partial charge in [0.25, 0.3) is 0 Å². The maximum Gasteiger partial charge on any atom is 0.145 e. The van der Waals surface area contributed by atoms with Crippen molar-refractivity contribution in [3.8, 4) is 0 Å². The highest BCUT2D eigenvalue weighted by atomic mass is 16.5. The van der Waals surface area contributed by atoms with Crippen LogP contribution < -0.4 is 0 Å². The van der Waals surface area contributed by atoms with Gasteiger partial charge in [0.1, 0.15) is 12.1 Å². The second-order valence-corrected chi connectivity index (χ2v) is 7.76. The second-order valence-electron chi connectivity index (χ2n) is 7.76. The minimum Gasteiger partial charge on any atom is -0.383 e. The van der Waals surface area contributed by atoms with Gasteiger partial charge in [-0.15, -0.1) is 0 Å². The largest absolute Gasteiger partial charge is 0.383 e. The van der Waals surface area contributed by atoms with Crippen LogP contribution in [0, 0.1) is 0 Å². The third-order valence-corrected chi connectivity index (χ3v) is 5.18. The normalized spacial score (nSPS) is 16.4. The smallest absolute Gasteiger partial charge is 0.145 e. The molecule has 0 unspecified atom stereocenters. The van der Waals surface area contributed by atoms with Crippen LogP contribution in [-0.4, -0.2) is 61.8 Å². The maximum atomic E-state index is 11.2. The van der Waals surface area contributed by atoms with Crippen LogP contribution in [0.2, 0.25) is 0 Å². The van der Waals surface area contributed by atoms with E-state index in [9.17, 15) is 4.79 Å². The van der Waals surface area contributed by atoms with E-state index >= 15 is 0 Å². The molecular weight excluding hydrogens is 366 g/mol. The number of nitrogens with zero attached hydrogens (tertiary/aromatic N) is 3. The van der Waals surface area contributed by atoms with Crippen molar-refractivity contribution >= 4 is 22.9 Å². The summed E-state index contributed by atoms with van der Waals surface area (Å²) in [5.74, 6) is 1.53. The molecule has 1 aromatic carbocycles. The van der Waals surface area contributed by atoms with Crippen LogP contribution >= 0.6 is 0 Å².